The van der Waals surface area contributed by atoms with Crippen LogP contribution in [-0.2, 0) is 48.7 Å². The Labute approximate surface area is 880 Å². The zero-order chi connectivity index (χ0) is 103. The third-order valence-electron chi connectivity index (χ3n) is 36.0. The van der Waals surface area contributed by atoms with Crippen molar-refractivity contribution in [1.29, 1.82) is 0 Å². The first-order valence-electron chi connectivity index (χ1n) is 52.7. The second kappa shape index (κ2) is 34.6. The summed E-state index contributed by atoms with van der Waals surface area (Å²) < 4.78 is 2.66. The summed E-state index contributed by atoms with van der Waals surface area (Å²) in [5.74, 6) is 3.99. The Morgan fingerprint density at radius 3 is 1.04 bits per heavy atom. The summed E-state index contributed by atoms with van der Waals surface area (Å²) >= 11 is 1.87. The first kappa shape index (κ1) is 94.0. The number of nitrogens with zero attached hydrogens (tertiary/aromatic N) is 7. The van der Waals surface area contributed by atoms with Gasteiger partial charge in [0.15, 0.2) is 34.9 Å². The second-order valence-corrected chi connectivity index (χ2v) is 47.5. The van der Waals surface area contributed by atoms with E-state index in [4.69, 9.17) is 29.9 Å². The Morgan fingerprint density at radius 2 is 0.490 bits per heavy atom. The van der Waals surface area contributed by atoms with E-state index in [9.17, 15) is 0 Å². The van der Waals surface area contributed by atoms with Crippen LogP contribution in [0.25, 0.3) is 178 Å². The molecule has 8 heteroatoms. The number of fused-ring (bicyclic) bond motifs is 23. The van der Waals surface area contributed by atoms with Crippen LogP contribution in [0.2, 0.25) is 0 Å². The van der Waals surface area contributed by atoms with Gasteiger partial charge in [0.05, 0.1) is 0 Å². The van der Waals surface area contributed by atoms with Crippen LogP contribution in [0.15, 0.2) is 406 Å². The molecular weight excluding hydrogens is 1820 g/mol. The van der Waals surface area contributed by atoms with Crippen LogP contribution in [0.5, 0.6) is 0 Å². The van der Waals surface area contributed by atoms with E-state index in [-0.39, 0.29) is 48.7 Å². The smallest absolute Gasteiger partial charge is 0.164 e. The van der Waals surface area contributed by atoms with Crippen molar-refractivity contribution in [1.82, 2.24) is 29.9 Å². The third kappa shape index (κ3) is 14.7. The standard InChI is InChI=1S/2C48H41N3.C45H39NS/c1-46(2)39-27-26-36-35-22-13-14-23-38(35)47(3,4)48(5,6)42(36)41(39)37-25-24-33(29-40(37)46)32-20-15-21-34(28-32)45-50-43(30-16-9-7-10-17-30)49-44(51-45)31-18-11-8-12-19-31;1-46(2)40-29-34(25-26-36(40)37-27-28-38-35-19-13-14-20-39(35)47(3,4)48(5,6)42(38)41(37)46)30-21-23-33(24-22-30)45-50-43(31-15-9-7-10-16-31)49-44(51-45)32-17-11-8-12-18-32;1-43(2)38-25-30(46(28-14-8-7-9-15-28)29-21-23-42-36(24-29)33-17-11-13-19-41(33)47-42)20-22-32(38)34-27-40-35(26-39(34)43)31-16-10-12-18-37(31)44(3,4)45(40,5)6/h2*7-29H,1-6H3;7-27H,1-6H3. The number of thiophene rings is 1. The molecule has 0 amide bonds. The highest BCUT2D eigenvalue weighted by Crippen LogP contribution is 2.66. The molecule has 149 heavy (non-hydrogen) atoms. The maximum Gasteiger partial charge on any atom is 0.164 e. The molecule has 0 aliphatic heterocycles. The van der Waals surface area contributed by atoms with Crippen molar-refractivity contribution in [2.75, 3.05) is 4.90 Å². The summed E-state index contributed by atoms with van der Waals surface area (Å²) in [4.78, 5) is 32.1. The van der Waals surface area contributed by atoms with E-state index in [1.54, 1.807) is 0 Å². The maximum atomic E-state index is 5.00. The highest BCUT2D eigenvalue weighted by atomic mass is 32.1. The fourth-order valence-electron chi connectivity index (χ4n) is 25.7. The highest BCUT2D eigenvalue weighted by Gasteiger charge is 2.54. The van der Waals surface area contributed by atoms with E-state index in [1.165, 1.54) is 182 Å². The van der Waals surface area contributed by atoms with Crippen molar-refractivity contribution in [2.24, 2.45) is 0 Å². The lowest BCUT2D eigenvalue weighted by atomic mass is 9.53. The van der Waals surface area contributed by atoms with Crippen molar-refractivity contribution in [3.63, 3.8) is 0 Å². The van der Waals surface area contributed by atoms with Crippen LogP contribution >= 0.6 is 11.3 Å². The molecule has 0 saturated carbocycles. The Hall–Kier alpha value is -16.0. The minimum absolute atomic E-state index is 0.0106. The molecule has 6 aliphatic carbocycles. The average molecular weight is 1950 g/mol. The van der Waals surface area contributed by atoms with Gasteiger partial charge in [0.25, 0.3) is 0 Å². The minimum atomic E-state index is -0.155. The van der Waals surface area contributed by atoms with Crippen molar-refractivity contribution < 1.29 is 0 Å². The van der Waals surface area contributed by atoms with Crippen molar-refractivity contribution >= 4 is 48.6 Å². The monoisotopic (exact) mass is 1940 g/mol. The van der Waals surface area contributed by atoms with Gasteiger partial charge >= 0.3 is 0 Å². The fraction of sp³-hybridized carbons (Fsp3) is 0.191. The molecule has 0 spiro atoms. The first-order valence-corrected chi connectivity index (χ1v) is 53.5. The first-order chi connectivity index (χ1) is 71.7. The number of hydrogen-bond acceptors (Lipinski definition) is 8. The molecule has 18 aromatic carbocycles. The molecule has 0 bridgehead atoms. The van der Waals surface area contributed by atoms with Gasteiger partial charge in [-0.3, -0.25) is 0 Å². The van der Waals surface area contributed by atoms with Gasteiger partial charge in [-0.1, -0.05) is 452 Å². The van der Waals surface area contributed by atoms with E-state index in [0.717, 1.165) is 44.6 Å². The average Bonchev–Trinajstić information content (AvgIpc) is 1.60. The van der Waals surface area contributed by atoms with Crippen molar-refractivity contribution in [3.05, 3.63) is 473 Å². The molecule has 0 fully saturated rings. The Morgan fingerprint density at radius 1 is 0.168 bits per heavy atom. The number of para-hydroxylation sites is 1. The van der Waals surface area contributed by atoms with Gasteiger partial charge in [0, 0.05) is 92.3 Å². The normalized spacial score (nSPS) is 15.9. The largest absolute Gasteiger partial charge is 0.310 e. The van der Waals surface area contributed by atoms with Gasteiger partial charge in [-0.25, -0.2) is 29.9 Å². The van der Waals surface area contributed by atoms with Gasteiger partial charge in [0.2, 0.25) is 0 Å². The number of benzene rings is 18. The van der Waals surface area contributed by atoms with Crippen LogP contribution in [0, 0.1) is 0 Å². The molecular formula is C141H121N7S. The number of aromatic nitrogens is 6. The summed E-state index contributed by atoms with van der Waals surface area (Å²) in [6.45, 7) is 43.6. The van der Waals surface area contributed by atoms with E-state index in [2.05, 4.69) is 415 Å². The van der Waals surface area contributed by atoms with Gasteiger partial charge in [-0.2, -0.15) is 0 Å². The van der Waals surface area contributed by atoms with Crippen LogP contribution in [0.3, 0.4) is 0 Å². The van der Waals surface area contributed by atoms with Crippen LogP contribution < -0.4 is 4.90 Å². The number of rotatable bonds is 11. The molecule has 0 N–H and O–H groups in total. The molecule has 0 radical (unpaired) electrons. The predicted octanol–water partition coefficient (Wildman–Crippen LogP) is 37.2. The van der Waals surface area contributed by atoms with Gasteiger partial charge in [-0.05, 0) is 262 Å². The van der Waals surface area contributed by atoms with E-state index >= 15 is 0 Å². The molecule has 21 aromatic rings. The predicted molar refractivity (Wildman–Crippen MR) is 624 cm³/mol. The summed E-state index contributed by atoms with van der Waals surface area (Å²) in [7, 11) is 0. The summed E-state index contributed by atoms with van der Waals surface area (Å²) in [5.41, 5.74) is 47.1. The third-order valence-corrected chi connectivity index (χ3v) is 37.1. The van der Waals surface area contributed by atoms with E-state index in [0.29, 0.717) is 34.9 Å². The molecule has 0 unspecified atom stereocenters. The van der Waals surface area contributed by atoms with Crippen LogP contribution in [-0.4, -0.2) is 29.9 Å². The Balaban J connectivity index is 0.000000116. The molecule has 0 saturated heterocycles. The number of anilines is 3. The van der Waals surface area contributed by atoms with Crippen LogP contribution in [0.1, 0.15) is 191 Å². The lowest BCUT2D eigenvalue weighted by Crippen LogP contribution is -2.45. The lowest BCUT2D eigenvalue weighted by molar-refractivity contribution is 0.295. The zero-order valence-corrected chi connectivity index (χ0v) is 89.0. The quantitative estimate of drug-likeness (QED) is 0.128. The molecule has 7 nitrogen and oxygen atoms in total. The van der Waals surface area contributed by atoms with Gasteiger partial charge in [0.1, 0.15) is 0 Å². The molecule has 3 heterocycles. The molecule has 0 atom stereocenters. The topological polar surface area (TPSA) is 80.6 Å². The van der Waals surface area contributed by atoms with Gasteiger partial charge in [-0.15, -0.1) is 11.3 Å². The summed E-state index contributed by atoms with van der Waals surface area (Å²) in [6, 6.07) is 147. The lowest BCUT2D eigenvalue weighted by Gasteiger charge is -2.50. The highest BCUT2D eigenvalue weighted by molar-refractivity contribution is 7.25. The van der Waals surface area contributed by atoms with E-state index < -0.39 is 0 Å². The Bertz CT molecular complexity index is 8890. The Kier molecular flexibility index (Phi) is 21.8. The fourth-order valence-corrected chi connectivity index (χ4v) is 26.7. The van der Waals surface area contributed by atoms with Crippen molar-refractivity contribution in [2.45, 2.75) is 173 Å². The SMILES string of the molecule is CC1(C)c2cc(-c3ccc(-c4nc(-c5ccccc5)nc(-c5ccccc5)n4)cc3)ccc2-c2ccc3c(c21)C(C)(C)C(C)(C)c1ccccc1-3.CC1(C)c2cc(-c3cccc(-c4nc(-c5ccccc5)nc(-c5ccccc5)n4)c3)ccc2-c2c1ccc1c2C(C)(C)C(C)(C)c2ccccc2-1.CC1(C)c2cc(N(c3ccccc3)c3ccc4sc5ccccc5c4c3)ccc2-c2cc3c(cc21)-c1ccccc1C(C)(C)C3(C)C. The molecule has 27 rings (SSSR count). The molecule has 726 valence electrons. The molecule has 6 aliphatic rings. The zero-order valence-electron chi connectivity index (χ0n) is 88.2. The second-order valence-electron chi connectivity index (χ2n) is 46.5. The summed E-state index contributed by atoms with van der Waals surface area (Å²) in [5, 5.41) is 2.64. The van der Waals surface area contributed by atoms with E-state index in [1.807, 2.05) is 133 Å². The summed E-state index contributed by atoms with van der Waals surface area (Å²) in [6.07, 6.45) is 0. The van der Waals surface area contributed by atoms with Crippen LogP contribution in [0.4, 0.5) is 17.1 Å². The van der Waals surface area contributed by atoms with Gasteiger partial charge < -0.3 is 4.90 Å². The maximum absolute atomic E-state index is 5.00. The minimum Gasteiger partial charge on any atom is -0.310 e. The van der Waals surface area contributed by atoms with Crippen molar-refractivity contribution in [3.8, 4) is 157 Å². The number of hydrogen-bond donors (Lipinski definition) is 0. The molecule has 3 aromatic heterocycles.